The lowest BCUT2D eigenvalue weighted by Crippen LogP contribution is -2.32. The van der Waals surface area contributed by atoms with Crippen molar-refractivity contribution < 1.29 is 14.3 Å². The molecular formula is C18H23N3O4. The zero-order chi connectivity index (χ0) is 18.1. The highest BCUT2D eigenvalue weighted by atomic mass is 16.5. The van der Waals surface area contributed by atoms with Crippen molar-refractivity contribution in [1.82, 2.24) is 15.1 Å². The van der Waals surface area contributed by atoms with E-state index in [0.717, 1.165) is 12.8 Å². The van der Waals surface area contributed by atoms with Gasteiger partial charge in [0, 0.05) is 12.6 Å². The number of hydrogen-bond acceptors (Lipinski definition) is 5. The lowest BCUT2D eigenvalue weighted by Gasteiger charge is -2.11. The number of methoxy groups -OCH3 is 1. The number of ether oxygens (including phenoxy) is 2. The number of para-hydroxylation sites is 2. The van der Waals surface area contributed by atoms with Gasteiger partial charge in [0.05, 0.1) is 13.7 Å². The van der Waals surface area contributed by atoms with E-state index in [2.05, 4.69) is 10.4 Å². The molecule has 134 valence electrons. The van der Waals surface area contributed by atoms with E-state index in [1.165, 1.54) is 16.8 Å². The van der Waals surface area contributed by atoms with Crippen LogP contribution in [0.3, 0.4) is 0 Å². The Bertz CT molecular complexity index is 758. The predicted molar refractivity (Wildman–Crippen MR) is 94.2 cm³/mol. The number of aromatic nitrogens is 2. The molecule has 0 aliphatic heterocycles. The second-order valence-electron chi connectivity index (χ2n) is 5.39. The molecule has 0 fully saturated rings. The first kappa shape index (κ1) is 18.5. The standard InChI is InChI=1S/C18H23N3O4/c1-3-4-12-21-17(22)10-9-14(20-21)18(23)19-11-13-25-16-8-6-5-7-15(16)24-2/h5-10H,3-4,11-13H2,1-2H3,(H,19,23). The van der Waals surface area contributed by atoms with Crippen molar-refractivity contribution in [2.45, 2.75) is 26.3 Å². The Morgan fingerprint density at radius 2 is 1.96 bits per heavy atom. The molecule has 0 bridgehead atoms. The van der Waals surface area contributed by atoms with Gasteiger partial charge in [-0.1, -0.05) is 25.5 Å². The number of rotatable bonds is 9. The minimum atomic E-state index is -0.339. The molecule has 0 spiro atoms. The normalized spacial score (nSPS) is 10.3. The van der Waals surface area contributed by atoms with Crippen molar-refractivity contribution in [3.05, 3.63) is 52.4 Å². The third-order valence-corrected chi connectivity index (χ3v) is 3.54. The summed E-state index contributed by atoms with van der Waals surface area (Å²) >= 11 is 0. The Morgan fingerprint density at radius 3 is 2.68 bits per heavy atom. The van der Waals surface area contributed by atoms with Gasteiger partial charge in [-0.25, -0.2) is 4.68 Å². The lowest BCUT2D eigenvalue weighted by molar-refractivity contribution is 0.0939. The Hall–Kier alpha value is -2.83. The van der Waals surface area contributed by atoms with Gasteiger partial charge >= 0.3 is 0 Å². The first-order chi connectivity index (χ1) is 12.2. The maximum absolute atomic E-state index is 12.1. The summed E-state index contributed by atoms with van der Waals surface area (Å²) in [4.78, 5) is 23.9. The minimum absolute atomic E-state index is 0.204. The number of nitrogens with zero attached hydrogens (tertiary/aromatic N) is 2. The average molecular weight is 345 g/mol. The van der Waals surface area contributed by atoms with Crippen LogP contribution in [0.4, 0.5) is 0 Å². The molecule has 1 aromatic carbocycles. The summed E-state index contributed by atoms with van der Waals surface area (Å²) < 4.78 is 12.1. The van der Waals surface area contributed by atoms with Crippen molar-refractivity contribution in [3.63, 3.8) is 0 Å². The molecular weight excluding hydrogens is 322 g/mol. The van der Waals surface area contributed by atoms with Crippen LogP contribution in [0, 0.1) is 0 Å². The molecule has 1 aromatic heterocycles. The molecule has 0 radical (unpaired) electrons. The van der Waals surface area contributed by atoms with Crippen LogP contribution in [0.25, 0.3) is 0 Å². The highest BCUT2D eigenvalue weighted by molar-refractivity contribution is 5.91. The largest absolute Gasteiger partial charge is 0.493 e. The predicted octanol–water partition coefficient (Wildman–Crippen LogP) is 1.86. The second-order valence-corrected chi connectivity index (χ2v) is 5.39. The van der Waals surface area contributed by atoms with E-state index in [1.807, 2.05) is 19.1 Å². The average Bonchev–Trinajstić information content (AvgIpc) is 2.64. The van der Waals surface area contributed by atoms with Crippen LogP contribution >= 0.6 is 0 Å². The van der Waals surface area contributed by atoms with Crippen LogP contribution in [0.5, 0.6) is 11.5 Å². The molecule has 2 rings (SSSR count). The number of unbranched alkanes of at least 4 members (excludes halogenated alkanes) is 1. The maximum atomic E-state index is 12.1. The summed E-state index contributed by atoms with van der Waals surface area (Å²) in [5, 5.41) is 6.83. The highest BCUT2D eigenvalue weighted by Gasteiger charge is 2.09. The van der Waals surface area contributed by atoms with Crippen LogP contribution in [-0.2, 0) is 6.54 Å². The van der Waals surface area contributed by atoms with Gasteiger partial charge in [-0.05, 0) is 24.6 Å². The molecule has 0 saturated carbocycles. The fourth-order valence-electron chi connectivity index (χ4n) is 2.19. The SMILES string of the molecule is CCCCn1nc(C(=O)NCCOc2ccccc2OC)ccc1=O. The number of benzene rings is 1. The Labute approximate surface area is 146 Å². The van der Waals surface area contributed by atoms with Crippen LogP contribution in [0.2, 0.25) is 0 Å². The van der Waals surface area contributed by atoms with Crippen molar-refractivity contribution in [1.29, 1.82) is 0 Å². The molecule has 0 aliphatic carbocycles. The van der Waals surface area contributed by atoms with Crippen LogP contribution in [0.15, 0.2) is 41.2 Å². The van der Waals surface area contributed by atoms with Gasteiger partial charge < -0.3 is 14.8 Å². The second kappa shape index (κ2) is 9.46. The van der Waals surface area contributed by atoms with Crippen molar-refractivity contribution in [3.8, 4) is 11.5 Å². The van der Waals surface area contributed by atoms with Gasteiger partial charge in [0.1, 0.15) is 12.3 Å². The summed E-state index contributed by atoms with van der Waals surface area (Å²) in [6.07, 6.45) is 1.79. The summed E-state index contributed by atoms with van der Waals surface area (Å²) in [6, 6.07) is 10.1. The summed E-state index contributed by atoms with van der Waals surface area (Å²) in [7, 11) is 1.57. The highest BCUT2D eigenvalue weighted by Crippen LogP contribution is 2.25. The monoisotopic (exact) mass is 345 g/mol. The van der Waals surface area contributed by atoms with E-state index in [-0.39, 0.29) is 17.2 Å². The quantitative estimate of drug-likeness (QED) is 0.702. The molecule has 7 heteroatoms. The summed E-state index contributed by atoms with van der Waals surface area (Å²) in [6.45, 7) is 3.14. The third-order valence-electron chi connectivity index (χ3n) is 3.54. The van der Waals surface area contributed by atoms with E-state index in [4.69, 9.17) is 9.47 Å². The first-order valence-electron chi connectivity index (χ1n) is 8.28. The number of hydrogen-bond donors (Lipinski definition) is 1. The zero-order valence-electron chi connectivity index (χ0n) is 14.5. The van der Waals surface area contributed by atoms with Crippen LogP contribution in [-0.4, -0.2) is 35.9 Å². The van der Waals surface area contributed by atoms with Gasteiger partial charge in [0.15, 0.2) is 11.5 Å². The Morgan fingerprint density at radius 1 is 1.20 bits per heavy atom. The number of amides is 1. The van der Waals surface area contributed by atoms with Gasteiger partial charge in [-0.2, -0.15) is 5.10 Å². The van der Waals surface area contributed by atoms with Gasteiger partial charge in [-0.15, -0.1) is 0 Å². The van der Waals surface area contributed by atoms with E-state index in [9.17, 15) is 9.59 Å². The number of nitrogens with one attached hydrogen (secondary N) is 1. The number of carbonyl (C=O) groups excluding carboxylic acids is 1. The fourth-order valence-corrected chi connectivity index (χ4v) is 2.19. The zero-order valence-corrected chi connectivity index (χ0v) is 14.5. The molecule has 1 N–H and O–H groups in total. The topological polar surface area (TPSA) is 82.5 Å². The lowest BCUT2D eigenvalue weighted by atomic mass is 10.3. The first-order valence-corrected chi connectivity index (χ1v) is 8.28. The van der Waals surface area contributed by atoms with Gasteiger partial charge in [0.2, 0.25) is 0 Å². The van der Waals surface area contributed by atoms with Crippen molar-refractivity contribution in [2.75, 3.05) is 20.3 Å². The van der Waals surface area contributed by atoms with E-state index in [0.29, 0.717) is 31.2 Å². The summed E-state index contributed by atoms with van der Waals surface area (Å²) in [5.41, 5.74) is 0.0116. The molecule has 0 saturated heterocycles. The smallest absolute Gasteiger partial charge is 0.271 e. The van der Waals surface area contributed by atoms with E-state index in [1.54, 1.807) is 19.2 Å². The van der Waals surface area contributed by atoms with Crippen LogP contribution < -0.4 is 20.3 Å². The van der Waals surface area contributed by atoms with Crippen LogP contribution in [0.1, 0.15) is 30.3 Å². The maximum Gasteiger partial charge on any atom is 0.271 e. The number of aryl methyl sites for hydroxylation is 1. The van der Waals surface area contributed by atoms with Crippen molar-refractivity contribution in [2.24, 2.45) is 0 Å². The molecule has 0 aliphatic rings. The summed E-state index contributed by atoms with van der Waals surface area (Å²) in [5.74, 6) is 0.915. The minimum Gasteiger partial charge on any atom is -0.493 e. The molecule has 1 amide bonds. The Balaban J connectivity index is 1.87. The fraction of sp³-hybridized carbons (Fsp3) is 0.389. The third kappa shape index (κ3) is 5.34. The van der Waals surface area contributed by atoms with Crippen molar-refractivity contribution >= 4 is 5.91 Å². The molecule has 1 heterocycles. The Kier molecular flexibility index (Phi) is 7.00. The van der Waals surface area contributed by atoms with Gasteiger partial charge in [0.25, 0.3) is 11.5 Å². The molecule has 7 nitrogen and oxygen atoms in total. The van der Waals surface area contributed by atoms with E-state index < -0.39 is 0 Å². The van der Waals surface area contributed by atoms with E-state index >= 15 is 0 Å². The molecule has 2 aromatic rings. The van der Waals surface area contributed by atoms with Gasteiger partial charge in [-0.3, -0.25) is 9.59 Å². The molecule has 0 unspecified atom stereocenters. The molecule has 0 atom stereocenters. The number of carbonyl (C=O) groups is 1. The molecule has 25 heavy (non-hydrogen) atoms.